The minimum Gasteiger partial charge on any atom is -0.387 e. The standard InChI is InChI=1S/C14H11F2N3/c15-10-3-9(4-11(16)6-10)8-1-2-13-12(5-8)14(17)19-7-18-13/h1-4,6-7,12H,5H2,(H2,17,18,19). The summed E-state index contributed by atoms with van der Waals surface area (Å²) in [4.78, 5) is 8.10. The van der Waals surface area contributed by atoms with E-state index >= 15 is 0 Å². The van der Waals surface area contributed by atoms with Crippen molar-refractivity contribution in [2.45, 2.75) is 6.42 Å². The smallest absolute Gasteiger partial charge is 0.126 e. The Kier molecular flexibility index (Phi) is 2.74. The number of amidine groups is 1. The van der Waals surface area contributed by atoms with Gasteiger partial charge in [-0.2, -0.15) is 0 Å². The largest absolute Gasteiger partial charge is 0.387 e. The molecule has 1 aliphatic heterocycles. The van der Waals surface area contributed by atoms with Crippen molar-refractivity contribution in [3.8, 4) is 0 Å². The Hall–Kier alpha value is -2.30. The third-order valence-corrected chi connectivity index (χ3v) is 3.24. The molecule has 0 saturated heterocycles. The van der Waals surface area contributed by atoms with Crippen molar-refractivity contribution >= 4 is 17.7 Å². The van der Waals surface area contributed by atoms with Crippen LogP contribution in [0.15, 0.2) is 46.0 Å². The van der Waals surface area contributed by atoms with Crippen molar-refractivity contribution in [2.75, 3.05) is 0 Å². The molecule has 2 N–H and O–H groups in total. The zero-order chi connectivity index (χ0) is 13.4. The first kappa shape index (κ1) is 11.8. The molecule has 1 heterocycles. The third kappa shape index (κ3) is 2.19. The van der Waals surface area contributed by atoms with Gasteiger partial charge < -0.3 is 5.73 Å². The Bertz CT molecular complexity index is 636. The first-order chi connectivity index (χ1) is 9.13. The number of nitrogens with two attached hydrogens (primary N) is 1. The fraction of sp³-hybridized carbons (Fsp3) is 0.143. The van der Waals surface area contributed by atoms with Gasteiger partial charge in [-0.1, -0.05) is 6.08 Å². The maximum atomic E-state index is 13.2. The van der Waals surface area contributed by atoms with Gasteiger partial charge in [0.05, 0.1) is 11.6 Å². The molecule has 1 aromatic rings. The van der Waals surface area contributed by atoms with Crippen molar-refractivity contribution in [2.24, 2.45) is 21.6 Å². The molecule has 2 aliphatic rings. The van der Waals surface area contributed by atoms with Crippen LogP contribution in [0.4, 0.5) is 8.78 Å². The van der Waals surface area contributed by atoms with Gasteiger partial charge in [-0.25, -0.2) is 18.8 Å². The molecule has 1 unspecified atom stereocenters. The van der Waals surface area contributed by atoms with Crippen molar-refractivity contribution in [3.05, 3.63) is 53.2 Å². The van der Waals surface area contributed by atoms with Crippen LogP contribution in [0.5, 0.6) is 0 Å². The zero-order valence-electron chi connectivity index (χ0n) is 9.98. The van der Waals surface area contributed by atoms with Gasteiger partial charge in [0.25, 0.3) is 0 Å². The second kappa shape index (κ2) is 4.42. The number of halogens is 2. The Morgan fingerprint density at radius 1 is 1.11 bits per heavy atom. The summed E-state index contributed by atoms with van der Waals surface area (Å²) in [5, 5.41) is 0. The molecule has 3 nitrogen and oxygen atoms in total. The molecular formula is C14H11F2N3. The molecule has 0 spiro atoms. The monoisotopic (exact) mass is 259 g/mol. The second-order valence-electron chi connectivity index (χ2n) is 4.50. The molecule has 19 heavy (non-hydrogen) atoms. The Morgan fingerprint density at radius 2 is 1.84 bits per heavy atom. The van der Waals surface area contributed by atoms with Crippen LogP contribution in [-0.4, -0.2) is 12.2 Å². The van der Waals surface area contributed by atoms with Gasteiger partial charge in [-0.3, -0.25) is 0 Å². The van der Waals surface area contributed by atoms with Crippen LogP contribution in [0.3, 0.4) is 0 Å². The molecule has 5 heteroatoms. The summed E-state index contributed by atoms with van der Waals surface area (Å²) >= 11 is 0. The van der Waals surface area contributed by atoms with E-state index < -0.39 is 11.6 Å². The van der Waals surface area contributed by atoms with E-state index in [0.29, 0.717) is 17.8 Å². The van der Waals surface area contributed by atoms with E-state index in [2.05, 4.69) is 9.98 Å². The first-order valence-corrected chi connectivity index (χ1v) is 5.86. The normalized spacial score (nSPS) is 21.4. The summed E-state index contributed by atoms with van der Waals surface area (Å²) in [6, 6.07) is 3.48. The number of hydrogen-bond acceptors (Lipinski definition) is 3. The SMILES string of the molecule is NC1=NC=NC2=CC=C(c3cc(F)cc(F)c3)CC21. The van der Waals surface area contributed by atoms with Gasteiger partial charge in [0.2, 0.25) is 0 Å². The topological polar surface area (TPSA) is 50.7 Å². The molecule has 0 fully saturated rings. The molecule has 0 saturated carbocycles. The Labute approximate surface area is 108 Å². The average molecular weight is 259 g/mol. The molecule has 0 radical (unpaired) electrons. The van der Waals surface area contributed by atoms with E-state index in [1.54, 1.807) is 0 Å². The molecule has 1 atom stereocenters. The van der Waals surface area contributed by atoms with Gasteiger partial charge in [0.1, 0.15) is 23.8 Å². The van der Waals surface area contributed by atoms with Crippen molar-refractivity contribution in [3.63, 3.8) is 0 Å². The number of allylic oxidation sites excluding steroid dienone is 3. The fourth-order valence-electron chi connectivity index (χ4n) is 2.29. The highest BCUT2D eigenvalue weighted by molar-refractivity contribution is 5.95. The zero-order valence-corrected chi connectivity index (χ0v) is 9.98. The summed E-state index contributed by atoms with van der Waals surface area (Å²) in [5.41, 5.74) is 8.00. The van der Waals surface area contributed by atoms with Crippen LogP contribution in [0.1, 0.15) is 12.0 Å². The summed E-state index contributed by atoms with van der Waals surface area (Å²) in [5.74, 6) is -0.817. The Balaban J connectivity index is 1.99. The lowest BCUT2D eigenvalue weighted by Crippen LogP contribution is -2.28. The lowest BCUT2D eigenvalue weighted by Gasteiger charge is -2.24. The lowest BCUT2D eigenvalue weighted by molar-refractivity contribution is 0.582. The molecule has 1 aliphatic carbocycles. The number of aliphatic imine (C=N–C) groups is 2. The quantitative estimate of drug-likeness (QED) is 0.828. The summed E-state index contributed by atoms with van der Waals surface area (Å²) in [7, 11) is 0. The maximum Gasteiger partial charge on any atom is 0.126 e. The molecule has 0 bridgehead atoms. The van der Waals surface area contributed by atoms with Crippen molar-refractivity contribution in [1.82, 2.24) is 0 Å². The summed E-state index contributed by atoms with van der Waals surface area (Å²) < 4.78 is 26.5. The van der Waals surface area contributed by atoms with E-state index in [1.807, 2.05) is 12.2 Å². The van der Waals surface area contributed by atoms with E-state index in [4.69, 9.17) is 5.73 Å². The number of hydrogen-bond donors (Lipinski definition) is 1. The van der Waals surface area contributed by atoms with Gasteiger partial charge in [-0.15, -0.1) is 0 Å². The molecule has 0 amide bonds. The van der Waals surface area contributed by atoms with E-state index in [-0.39, 0.29) is 5.92 Å². The molecule has 3 rings (SSSR count). The van der Waals surface area contributed by atoms with Crippen LogP contribution < -0.4 is 5.73 Å². The molecule has 1 aromatic carbocycles. The van der Waals surface area contributed by atoms with Crippen LogP contribution in [0.2, 0.25) is 0 Å². The number of nitrogens with zero attached hydrogens (tertiary/aromatic N) is 2. The highest BCUT2D eigenvalue weighted by Crippen LogP contribution is 2.33. The highest BCUT2D eigenvalue weighted by atomic mass is 19.1. The number of benzene rings is 1. The molecule has 0 aromatic heterocycles. The highest BCUT2D eigenvalue weighted by Gasteiger charge is 2.25. The number of fused-ring (bicyclic) bond motifs is 1. The van der Waals surface area contributed by atoms with Gasteiger partial charge in [0, 0.05) is 6.07 Å². The maximum absolute atomic E-state index is 13.2. The third-order valence-electron chi connectivity index (χ3n) is 3.24. The van der Waals surface area contributed by atoms with Crippen LogP contribution in [0, 0.1) is 17.6 Å². The minimum absolute atomic E-state index is 0.115. The Morgan fingerprint density at radius 3 is 2.58 bits per heavy atom. The molecular weight excluding hydrogens is 248 g/mol. The summed E-state index contributed by atoms with van der Waals surface area (Å²) in [6.07, 6.45) is 5.58. The van der Waals surface area contributed by atoms with E-state index in [9.17, 15) is 8.78 Å². The predicted molar refractivity (Wildman–Crippen MR) is 70.6 cm³/mol. The lowest BCUT2D eigenvalue weighted by atomic mass is 9.86. The van der Waals surface area contributed by atoms with Crippen LogP contribution >= 0.6 is 0 Å². The van der Waals surface area contributed by atoms with Crippen LogP contribution in [0.25, 0.3) is 5.57 Å². The van der Waals surface area contributed by atoms with Crippen molar-refractivity contribution < 1.29 is 8.78 Å². The van der Waals surface area contributed by atoms with Gasteiger partial charge in [0.15, 0.2) is 0 Å². The predicted octanol–water partition coefficient (Wildman–Crippen LogP) is 2.65. The van der Waals surface area contributed by atoms with Crippen molar-refractivity contribution in [1.29, 1.82) is 0 Å². The van der Waals surface area contributed by atoms with E-state index in [1.165, 1.54) is 18.5 Å². The van der Waals surface area contributed by atoms with Gasteiger partial charge >= 0.3 is 0 Å². The fourth-order valence-corrected chi connectivity index (χ4v) is 2.29. The first-order valence-electron chi connectivity index (χ1n) is 5.86. The second-order valence-corrected chi connectivity index (χ2v) is 4.50. The molecule has 96 valence electrons. The number of rotatable bonds is 1. The average Bonchev–Trinajstić information content (AvgIpc) is 2.38. The summed E-state index contributed by atoms with van der Waals surface area (Å²) in [6.45, 7) is 0. The van der Waals surface area contributed by atoms with E-state index in [0.717, 1.165) is 17.3 Å². The minimum atomic E-state index is -0.589. The van der Waals surface area contributed by atoms with Crippen LogP contribution in [-0.2, 0) is 0 Å². The van der Waals surface area contributed by atoms with Gasteiger partial charge in [-0.05, 0) is 35.8 Å².